The van der Waals surface area contributed by atoms with Crippen LogP contribution in [0.2, 0.25) is 0 Å². The molecule has 1 amide bonds. The molecule has 3 aromatic rings. The van der Waals surface area contributed by atoms with Crippen LogP contribution >= 0.6 is 0 Å². The monoisotopic (exact) mass is 559 g/mol. The number of hydrogen-bond donors (Lipinski definition) is 2. The molecule has 8 nitrogen and oxygen atoms in total. The van der Waals surface area contributed by atoms with Crippen molar-refractivity contribution in [2.45, 2.75) is 29.7 Å². The van der Waals surface area contributed by atoms with Crippen LogP contribution < -0.4 is 15.4 Å². The maximum absolute atomic E-state index is 13.4. The SMILES string of the molecule is NS(=O)(=O)c1cc(NC(=O)c2cc(C(F)(F)F)cnc2N2CC[C@@H](c3ccc(C(F)(F)F)cc3)C2)ccn1. The number of amides is 1. The lowest BCUT2D eigenvalue weighted by atomic mass is 9.97. The quantitative estimate of drug-likeness (QED) is 0.448. The number of carbonyl (C=O) groups excluding carboxylic acids is 1. The fourth-order valence-corrected chi connectivity index (χ4v) is 4.54. The van der Waals surface area contributed by atoms with Gasteiger partial charge >= 0.3 is 12.4 Å². The molecular weight excluding hydrogens is 540 g/mol. The van der Waals surface area contributed by atoms with E-state index >= 15 is 0 Å². The van der Waals surface area contributed by atoms with Crippen molar-refractivity contribution in [1.29, 1.82) is 0 Å². The standard InChI is InChI=1S/C23H19F6N5O3S/c24-22(25,26)15-3-1-13(2-4-15)14-6-8-34(12-14)20-18(9-16(11-32-20)23(27,28)29)21(35)33-17-5-7-31-19(10-17)38(30,36)37/h1-5,7,9-11,14H,6,8,12H2,(H2,30,36,37)(H,31,33,35)/t14-/m1/s1. The first-order chi connectivity index (χ1) is 17.6. The first kappa shape index (κ1) is 27.3. The van der Waals surface area contributed by atoms with Crippen molar-refractivity contribution in [3.8, 4) is 0 Å². The third-order valence-corrected chi connectivity index (χ3v) is 6.73. The third kappa shape index (κ3) is 6.05. The number of nitrogens with zero attached hydrogens (tertiary/aromatic N) is 3. The normalized spacial score (nSPS) is 16.5. The summed E-state index contributed by atoms with van der Waals surface area (Å²) in [4.78, 5) is 22.1. The van der Waals surface area contributed by atoms with Gasteiger partial charge in [-0.05, 0) is 36.2 Å². The highest BCUT2D eigenvalue weighted by Crippen LogP contribution is 2.36. The Morgan fingerprint density at radius 1 is 0.974 bits per heavy atom. The van der Waals surface area contributed by atoms with Gasteiger partial charge < -0.3 is 10.2 Å². The van der Waals surface area contributed by atoms with Gasteiger partial charge in [0.25, 0.3) is 15.9 Å². The van der Waals surface area contributed by atoms with Crippen LogP contribution in [0.1, 0.15) is 39.4 Å². The molecule has 1 aliphatic heterocycles. The number of aromatic nitrogens is 2. The van der Waals surface area contributed by atoms with E-state index in [2.05, 4.69) is 15.3 Å². The molecule has 0 saturated carbocycles. The number of pyridine rings is 2. The van der Waals surface area contributed by atoms with Gasteiger partial charge in [0, 0.05) is 43.2 Å². The molecule has 4 rings (SSSR count). The van der Waals surface area contributed by atoms with Crippen molar-refractivity contribution in [2.75, 3.05) is 23.3 Å². The van der Waals surface area contributed by atoms with E-state index < -0.39 is 50.0 Å². The molecule has 0 spiro atoms. The second kappa shape index (κ2) is 9.87. The summed E-state index contributed by atoms with van der Waals surface area (Å²) in [7, 11) is -4.21. The van der Waals surface area contributed by atoms with Gasteiger partial charge in [-0.2, -0.15) is 26.3 Å². The number of primary sulfonamides is 1. The molecule has 1 aromatic carbocycles. The van der Waals surface area contributed by atoms with Gasteiger partial charge in [-0.3, -0.25) is 4.79 Å². The number of anilines is 2. The molecule has 1 fully saturated rings. The fraction of sp³-hybridized carbons (Fsp3) is 0.261. The van der Waals surface area contributed by atoms with E-state index in [1.165, 1.54) is 18.2 Å². The van der Waals surface area contributed by atoms with Crippen LogP contribution in [-0.4, -0.2) is 37.4 Å². The van der Waals surface area contributed by atoms with Crippen LogP contribution in [0.25, 0.3) is 0 Å². The number of sulfonamides is 1. The molecule has 1 saturated heterocycles. The number of carbonyl (C=O) groups is 1. The molecule has 202 valence electrons. The maximum Gasteiger partial charge on any atom is 0.417 e. The van der Waals surface area contributed by atoms with Crippen LogP contribution in [0.15, 0.2) is 59.9 Å². The summed E-state index contributed by atoms with van der Waals surface area (Å²) in [5.41, 5.74) is -1.89. The minimum Gasteiger partial charge on any atom is -0.355 e. The molecule has 0 radical (unpaired) electrons. The third-order valence-electron chi connectivity index (χ3n) is 5.92. The van der Waals surface area contributed by atoms with Crippen LogP contribution in [0.3, 0.4) is 0 Å². The average molecular weight is 559 g/mol. The highest BCUT2D eigenvalue weighted by Gasteiger charge is 2.35. The summed E-state index contributed by atoms with van der Waals surface area (Å²) in [6, 6.07) is 7.41. The fourth-order valence-electron chi connectivity index (χ4n) is 4.04. The molecule has 0 bridgehead atoms. The second-order valence-corrected chi connectivity index (χ2v) is 10.0. The Hall–Kier alpha value is -3.72. The highest BCUT2D eigenvalue weighted by atomic mass is 32.2. The minimum absolute atomic E-state index is 0.0642. The van der Waals surface area contributed by atoms with E-state index in [1.807, 2.05) is 0 Å². The first-order valence-corrected chi connectivity index (χ1v) is 12.5. The van der Waals surface area contributed by atoms with Crippen molar-refractivity contribution in [2.24, 2.45) is 5.14 Å². The van der Waals surface area contributed by atoms with E-state index in [4.69, 9.17) is 5.14 Å². The highest BCUT2D eigenvalue weighted by molar-refractivity contribution is 7.89. The topological polar surface area (TPSA) is 118 Å². The Kier molecular flexibility index (Phi) is 7.09. The summed E-state index contributed by atoms with van der Waals surface area (Å²) in [6.07, 6.45) is -7.20. The molecule has 2 aromatic heterocycles. The zero-order valence-electron chi connectivity index (χ0n) is 19.2. The van der Waals surface area contributed by atoms with E-state index in [9.17, 15) is 39.6 Å². The summed E-state index contributed by atoms with van der Waals surface area (Å²) < 4.78 is 102. The molecule has 38 heavy (non-hydrogen) atoms. The Morgan fingerprint density at radius 3 is 2.24 bits per heavy atom. The summed E-state index contributed by atoms with van der Waals surface area (Å²) in [5, 5.41) is 6.81. The van der Waals surface area contributed by atoms with Crippen molar-refractivity contribution in [3.05, 3.63) is 77.1 Å². The van der Waals surface area contributed by atoms with Gasteiger partial charge in [0.05, 0.1) is 16.7 Å². The predicted molar refractivity (Wildman–Crippen MR) is 124 cm³/mol. The van der Waals surface area contributed by atoms with Gasteiger partial charge in [-0.15, -0.1) is 0 Å². The molecule has 1 atom stereocenters. The van der Waals surface area contributed by atoms with E-state index in [0.717, 1.165) is 24.4 Å². The van der Waals surface area contributed by atoms with E-state index in [1.54, 1.807) is 4.90 Å². The Bertz CT molecular complexity index is 1460. The van der Waals surface area contributed by atoms with Gasteiger partial charge in [-0.1, -0.05) is 12.1 Å². The van der Waals surface area contributed by atoms with Crippen molar-refractivity contribution in [3.63, 3.8) is 0 Å². The summed E-state index contributed by atoms with van der Waals surface area (Å²) in [5.74, 6) is -1.32. The summed E-state index contributed by atoms with van der Waals surface area (Å²) in [6.45, 7) is 0.462. The van der Waals surface area contributed by atoms with E-state index in [0.29, 0.717) is 24.2 Å². The van der Waals surface area contributed by atoms with Crippen molar-refractivity contribution in [1.82, 2.24) is 9.97 Å². The number of nitrogens with one attached hydrogen (secondary N) is 1. The number of halogens is 6. The van der Waals surface area contributed by atoms with E-state index in [-0.39, 0.29) is 30.5 Å². The Labute approximate surface area is 212 Å². The molecular formula is C23H19F6N5O3S. The zero-order valence-corrected chi connectivity index (χ0v) is 20.0. The Morgan fingerprint density at radius 2 is 1.63 bits per heavy atom. The molecule has 3 N–H and O–H groups in total. The lowest BCUT2D eigenvalue weighted by Gasteiger charge is -2.22. The number of alkyl halides is 6. The number of benzene rings is 1. The van der Waals surface area contributed by atoms with Crippen LogP contribution in [0, 0.1) is 0 Å². The first-order valence-electron chi connectivity index (χ1n) is 10.9. The van der Waals surface area contributed by atoms with Crippen molar-refractivity contribution >= 4 is 27.4 Å². The minimum atomic E-state index is -4.80. The molecule has 1 aliphatic rings. The van der Waals surface area contributed by atoms with Gasteiger partial charge in [0.2, 0.25) is 0 Å². The number of nitrogens with two attached hydrogens (primary N) is 1. The second-order valence-electron chi connectivity index (χ2n) is 8.53. The Balaban J connectivity index is 1.62. The maximum atomic E-state index is 13.4. The average Bonchev–Trinajstić information content (AvgIpc) is 3.32. The largest absolute Gasteiger partial charge is 0.417 e. The van der Waals surface area contributed by atoms with Gasteiger partial charge in [-0.25, -0.2) is 23.5 Å². The lowest BCUT2D eigenvalue weighted by Crippen LogP contribution is -2.26. The van der Waals surface area contributed by atoms with Crippen LogP contribution in [-0.2, 0) is 22.4 Å². The molecule has 3 heterocycles. The van der Waals surface area contributed by atoms with Gasteiger partial charge in [0.1, 0.15) is 5.82 Å². The van der Waals surface area contributed by atoms with Crippen LogP contribution in [0.4, 0.5) is 37.8 Å². The lowest BCUT2D eigenvalue weighted by molar-refractivity contribution is -0.138. The van der Waals surface area contributed by atoms with Gasteiger partial charge in [0.15, 0.2) is 5.03 Å². The zero-order chi connectivity index (χ0) is 27.9. The predicted octanol–water partition coefficient (Wildman–Crippen LogP) is 4.41. The van der Waals surface area contributed by atoms with Crippen molar-refractivity contribution < 1.29 is 39.6 Å². The summed E-state index contributed by atoms with van der Waals surface area (Å²) >= 11 is 0. The molecule has 0 unspecified atom stereocenters. The molecule has 0 aliphatic carbocycles. The smallest absolute Gasteiger partial charge is 0.355 e. The number of hydrogen-bond acceptors (Lipinski definition) is 6. The number of rotatable bonds is 5. The van der Waals surface area contributed by atoms with Crippen LogP contribution in [0.5, 0.6) is 0 Å². The molecule has 15 heteroatoms.